The fourth-order valence-electron chi connectivity index (χ4n) is 2.47. The molecular formula is C15H19ClN4OS. The number of nitrogens with one attached hydrogen (secondary N) is 2. The lowest BCUT2D eigenvalue weighted by atomic mass is 9.97. The second kappa shape index (κ2) is 7.67. The number of hydrogen-bond acceptors (Lipinski definition) is 5. The van der Waals surface area contributed by atoms with Crippen LogP contribution in [0.4, 0.5) is 5.13 Å². The van der Waals surface area contributed by atoms with Crippen molar-refractivity contribution in [3.63, 3.8) is 0 Å². The molecule has 0 aromatic carbocycles. The van der Waals surface area contributed by atoms with E-state index in [2.05, 4.69) is 20.6 Å². The molecule has 0 atom stereocenters. The van der Waals surface area contributed by atoms with E-state index in [1.807, 2.05) is 25.3 Å². The van der Waals surface area contributed by atoms with Crippen LogP contribution in [0.15, 0.2) is 24.4 Å². The van der Waals surface area contributed by atoms with E-state index in [1.54, 1.807) is 17.4 Å². The summed E-state index contributed by atoms with van der Waals surface area (Å²) in [6.07, 6.45) is 4.16. The van der Waals surface area contributed by atoms with Gasteiger partial charge in [-0.1, -0.05) is 6.07 Å². The number of halogens is 1. The Bertz CT molecular complexity index is 640. The average molecular weight is 339 g/mol. The van der Waals surface area contributed by atoms with Crippen LogP contribution >= 0.6 is 23.7 Å². The first-order valence-corrected chi connectivity index (χ1v) is 7.95. The second-order valence-corrected chi connectivity index (χ2v) is 6.27. The Morgan fingerprint density at radius 2 is 2.14 bits per heavy atom. The fraction of sp³-hybridized carbons (Fsp3) is 0.400. The number of carbonyl (C=O) groups is 1. The van der Waals surface area contributed by atoms with E-state index in [-0.39, 0.29) is 18.3 Å². The lowest BCUT2D eigenvalue weighted by molar-refractivity contribution is 0.102. The minimum atomic E-state index is -0.204. The molecule has 0 radical (unpaired) electrons. The maximum atomic E-state index is 12.1. The van der Waals surface area contributed by atoms with Gasteiger partial charge in [0.2, 0.25) is 0 Å². The van der Waals surface area contributed by atoms with Crippen LogP contribution < -0.4 is 10.6 Å². The SMILES string of the molecule is Cc1cccc(C(=O)Nc2ncc(C3CCNCC3)s2)n1.Cl. The van der Waals surface area contributed by atoms with Gasteiger partial charge >= 0.3 is 0 Å². The first-order valence-electron chi connectivity index (χ1n) is 7.14. The zero-order valence-electron chi connectivity index (χ0n) is 12.3. The molecule has 1 aliphatic rings. The zero-order valence-corrected chi connectivity index (χ0v) is 14.0. The van der Waals surface area contributed by atoms with E-state index < -0.39 is 0 Å². The van der Waals surface area contributed by atoms with Crippen LogP contribution in [0, 0.1) is 6.92 Å². The molecule has 5 nitrogen and oxygen atoms in total. The molecule has 1 amide bonds. The van der Waals surface area contributed by atoms with Gasteiger partial charge < -0.3 is 5.32 Å². The first-order chi connectivity index (χ1) is 10.2. The van der Waals surface area contributed by atoms with Crippen molar-refractivity contribution in [2.24, 2.45) is 0 Å². The molecule has 0 spiro atoms. The number of pyridine rings is 1. The summed E-state index contributed by atoms with van der Waals surface area (Å²) in [4.78, 5) is 21.9. The molecule has 1 fully saturated rings. The number of aromatic nitrogens is 2. The Kier molecular flexibility index (Phi) is 5.88. The standard InChI is InChI=1S/C15H18N4OS.ClH/c1-10-3-2-4-12(18-10)14(20)19-15-17-9-13(21-15)11-5-7-16-8-6-11;/h2-4,9,11,16H,5-8H2,1H3,(H,17,19,20);1H. The molecular weight excluding hydrogens is 320 g/mol. The summed E-state index contributed by atoms with van der Waals surface area (Å²) in [6, 6.07) is 5.42. The third-order valence-electron chi connectivity index (χ3n) is 3.61. The second-order valence-electron chi connectivity index (χ2n) is 5.21. The zero-order chi connectivity index (χ0) is 14.7. The quantitative estimate of drug-likeness (QED) is 0.902. The van der Waals surface area contributed by atoms with Gasteiger partial charge in [-0.3, -0.25) is 10.1 Å². The molecule has 7 heteroatoms. The van der Waals surface area contributed by atoms with Crippen LogP contribution in [-0.4, -0.2) is 29.0 Å². The van der Waals surface area contributed by atoms with Crippen molar-refractivity contribution in [1.29, 1.82) is 0 Å². The van der Waals surface area contributed by atoms with Gasteiger partial charge in [-0.25, -0.2) is 9.97 Å². The van der Waals surface area contributed by atoms with Crippen LogP contribution in [-0.2, 0) is 0 Å². The van der Waals surface area contributed by atoms with E-state index >= 15 is 0 Å². The summed E-state index contributed by atoms with van der Waals surface area (Å²) >= 11 is 1.57. The van der Waals surface area contributed by atoms with Crippen molar-refractivity contribution in [2.45, 2.75) is 25.7 Å². The van der Waals surface area contributed by atoms with Gasteiger partial charge in [-0.2, -0.15) is 0 Å². The van der Waals surface area contributed by atoms with Crippen molar-refractivity contribution in [1.82, 2.24) is 15.3 Å². The van der Waals surface area contributed by atoms with Gasteiger partial charge in [0.15, 0.2) is 5.13 Å². The number of nitrogens with zero attached hydrogens (tertiary/aromatic N) is 2. The minimum Gasteiger partial charge on any atom is -0.317 e. The van der Waals surface area contributed by atoms with Gasteiger partial charge in [0.1, 0.15) is 5.69 Å². The molecule has 118 valence electrons. The van der Waals surface area contributed by atoms with Gasteiger partial charge in [-0.15, -0.1) is 23.7 Å². The van der Waals surface area contributed by atoms with Crippen molar-refractivity contribution in [3.8, 4) is 0 Å². The molecule has 0 unspecified atom stereocenters. The fourth-order valence-corrected chi connectivity index (χ4v) is 3.45. The number of hydrogen-bond donors (Lipinski definition) is 2. The largest absolute Gasteiger partial charge is 0.317 e. The molecule has 3 rings (SSSR count). The van der Waals surface area contributed by atoms with Crippen molar-refractivity contribution in [3.05, 3.63) is 40.7 Å². The first kappa shape index (κ1) is 16.9. The highest BCUT2D eigenvalue weighted by atomic mass is 35.5. The molecule has 2 N–H and O–H groups in total. The Hall–Kier alpha value is -1.50. The predicted molar refractivity (Wildman–Crippen MR) is 91.1 cm³/mol. The maximum absolute atomic E-state index is 12.1. The lowest BCUT2D eigenvalue weighted by Crippen LogP contribution is -2.26. The third-order valence-corrected chi connectivity index (χ3v) is 4.68. The Balaban J connectivity index is 0.00000176. The van der Waals surface area contributed by atoms with E-state index in [9.17, 15) is 4.79 Å². The number of piperidine rings is 1. The Morgan fingerprint density at radius 3 is 2.86 bits per heavy atom. The number of aryl methyl sites for hydroxylation is 1. The Labute approximate surface area is 140 Å². The number of rotatable bonds is 3. The Morgan fingerprint density at radius 1 is 1.36 bits per heavy atom. The molecule has 0 aliphatic carbocycles. The highest BCUT2D eigenvalue weighted by Crippen LogP contribution is 2.31. The smallest absolute Gasteiger partial charge is 0.276 e. The van der Waals surface area contributed by atoms with Crippen molar-refractivity contribution >= 4 is 34.8 Å². The summed E-state index contributed by atoms with van der Waals surface area (Å²) < 4.78 is 0. The molecule has 0 saturated carbocycles. The predicted octanol–water partition coefficient (Wildman–Crippen LogP) is 2.99. The molecule has 22 heavy (non-hydrogen) atoms. The lowest BCUT2D eigenvalue weighted by Gasteiger charge is -2.20. The molecule has 2 aromatic rings. The van der Waals surface area contributed by atoms with Crippen LogP contribution in [0.1, 0.15) is 39.8 Å². The number of thiazole rings is 1. The summed E-state index contributed by atoms with van der Waals surface area (Å²) in [7, 11) is 0. The van der Waals surface area contributed by atoms with E-state index in [0.717, 1.165) is 31.6 Å². The normalized spacial score (nSPS) is 15.1. The van der Waals surface area contributed by atoms with Crippen LogP contribution in [0.25, 0.3) is 0 Å². The summed E-state index contributed by atoms with van der Waals surface area (Å²) in [5.41, 5.74) is 1.26. The van der Waals surface area contributed by atoms with Crippen LogP contribution in [0.2, 0.25) is 0 Å². The van der Waals surface area contributed by atoms with E-state index in [4.69, 9.17) is 0 Å². The number of amides is 1. The number of carbonyl (C=O) groups excluding carboxylic acids is 1. The summed E-state index contributed by atoms with van der Waals surface area (Å²) in [5.74, 6) is 0.358. The molecule has 3 heterocycles. The number of anilines is 1. The highest BCUT2D eigenvalue weighted by Gasteiger charge is 2.18. The van der Waals surface area contributed by atoms with Crippen LogP contribution in [0.3, 0.4) is 0 Å². The highest BCUT2D eigenvalue weighted by molar-refractivity contribution is 7.15. The third kappa shape index (κ3) is 4.03. The molecule has 2 aromatic heterocycles. The van der Waals surface area contributed by atoms with Gasteiger partial charge in [0.05, 0.1) is 0 Å². The molecule has 0 bridgehead atoms. The minimum absolute atomic E-state index is 0. The van der Waals surface area contributed by atoms with Gasteiger partial charge in [-0.05, 0) is 50.9 Å². The van der Waals surface area contributed by atoms with Crippen LogP contribution in [0.5, 0.6) is 0 Å². The van der Waals surface area contributed by atoms with E-state index in [1.165, 1.54) is 4.88 Å². The van der Waals surface area contributed by atoms with Gasteiger partial charge in [0, 0.05) is 16.8 Å². The van der Waals surface area contributed by atoms with Crippen molar-refractivity contribution < 1.29 is 4.79 Å². The average Bonchev–Trinajstić information content (AvgIpc) is 2.97. The van der Waals surface area contributed by atoms with Crippen molar-refractivity contribution in [2.75, 3.05) is 18.4 Å². The monoisotopic (exact) mass is 338 g/mol. The molecule has 1 aliphatic heterocycles. The van der Waals surface area contributed by atoms with E-state index in [0.29, 0.717) is 16.7 Å². The maximum Gasteiger partial charge on any atom is 0.276 e. The topological polar surface area (TPSA) is 66.9 Å². The molecule has 1 saturated heterocycles. The van der Waals surface area contributed by atoms with Gasteiger partial charge in [0.25, 0.3) is 5.91 Å². The summed E-state index contributed by atoms with van der Waals surface area (Å²) in [5, 5.41) is 6.84. The summed E-state index contributed by atoms with van der Waals surface area (Å²) in [6.45, 7) is 3.98.